The third kappa shape index (κ3) is 6.79. The fourth-order valence-electron chi connectivity index (χ4n) is 8.61. The number of fused-ring (bicyclic) bond motifs is 2. The quantitative estimate of drug-likeness (QED) is 0.107. The summed E-state index contributed by atoms with van der Waals surface area (Å²) in [7, 11) is -1.39. The SMILES string of the molecule is Cc1cc(-c2cccc3cc4cccc(-c5cc(C)c(P(c6ccccc6)c6ccccc6)c(C)c5)c4cc23)cc(C)c1P(c1ccccc1)c1ccccc1. The molecule has 9 aromatic rings. The zero-order chi connectivity index (χ0) is 38.2. The summed E-state index contributed by atoms with van der Waals surface area (Å²) in [4.78, 5) is 0. The highest BCUT2D eigenvalue weighted by atomic mass is 31.1. The summed E-state index contributed by atoms with van der Waals surface area (Å²) in [5, 5.41) is 13.5. The topological polar surface area (TPSA) is 0 Å². The van der Waals surface area contributed by atoms with Crippen LogP contribution in [0.2, 0.25) is 0 Å². The molecule has 0 nitrogen and oxygen atoms in total. The second-order valence-electron chi connectivity index (χ2n) is 14.8. The molecule has 9 aromatic carbocycles. The largest absolute Gasteiger partial charge is 0.0622 e. The molecule has 9 rings (SSSR count). The van der Waals surface area contributed by atoms with Crippen LogP contribution in [0.5, 0.6) is 0 Å². The van der Waals surface area contributed by atoms with Gasteiger partial charge in [0.05, 0.1) is 0 Å². The fourth-order valence-corrected chi connectivity index (χ4v) is 13.8. The molecule has 0 unspecified atom stereocenters. The lowest BCUT2D eigenvalue weighted by molar-refractivity contribution is 1.43. The lowest BCUT2D eigenvalue weighted by Gasteiger charge is -2.24. The van der Waals surface area contributed by atoms with Crippen molar-refractivity contribution in [2.24, 2.45) is 0 Å². The highest BCUT2D eigenvalue weighted by Gasteiger charge is 2.23. The van der Waals surface area contributed by atoms with E-state index in [1.807, 2.05) is 0 Å². The van der Waals surface area contributed by atoms with Crippen molar-refractivity contribution in [2.45, 2.75) is 27.7 Å². The predicted octanol–water partition coefficient (Wildman–Crippen LogP) is 12.1. The molecule has 0 fully saturated rings. The first-order chi connectivity index (χ1) is 27.4. The van der Waals surface area contributed by atoms with Gasteiger partial charge in [0.25, 0.3) is 0 Å². The third-order valence-corrected chi connectivity index (χ3v) is 16.6. The minimum atomic E-state index is -0.695. The summed E-state index contributed by atoms with van der Waals surface area (Å²) in [5.74, 6) is 0. The van der Waals surface area contributed by atoms with Crippen molar-refractivity contribution in [1.29, 1.82) is 0 Å². The molecule has 0 saturated carbocycles. The van der Waals surface area contributed by atoms with Gasteiger partial charge in [0.2, 0.25) is 0 Å². The van der Waals surface area contributed by atoms with Crippen molar-refractivity contribution in [1.82, 2.24) is 0 Å². The normalized spacial score (nSPS) is 11.5. The van der Waals surface area contributed by atoms with Crippen LogP contribution in [-0.2, 0) is 0 Å². The summed E-state index contributed by atoms with van der Waals surface area (Å²) in [6, 6.07) is 72.3. The van der Waals surface area contributed by atoms with Crippen LogP contribution in [0.1, 0.15) is 22.3 Å². The van der Waals surface area contributed by atoms with Crippen LogP contribution in [-0.4, -0.2) is 0 Å². The van der Waals surface area contributed by atoms with Gasteiger partial charge in [0.1, 0.15) is 0 Å². The summed E-state index contributed by atoms with van der Waals surface area (Å²) >= 11 is 0. The monoisotopic (exact) mass is 754 g/mol. The standard InChI is InChI=1S/C54H44P2/c1-37-31-43(32-38(2)53(37)55(45-21-9-5-10-22-45)46-23-11-6-12-24-46)49-29-17-19-41-35-42-20-18-30-50(52(42)36-51(41)49)44-33-39(3)54(40(4)34-44)56(47-25-13-7-14-26-47)48-27-15-8-16-28-48/h5-36H,1-4H3. The number of hydrogen-bond acceptors (Lipinski definition) is 0. The van der Waals surface area contributed by atoms with E-state index in [-0.39, 0.29) is 0 Å². The zero-order valence-corrected chi connectivity index (χ0v) is 34.2. The number of aryl methyl sites for hydroxylation is 4. The molecular formula is C54H44P2. The molecule has 0 amide bonds. The number of benzene rings is 9. The zero-order valence-electron chi connectivity index (χ0n) is 32.4. The minimum absolute atomic E-state index is 0.695. The molecule has 0 saturated heterocycles. The Kier molecular flexibility index (Phi) is 9.96. The average molecular weight is 755 g/mol. The Morgan fingerprint density at radius 1 is 0.286 bits per heavy atom. The lowest BCUT2D eigenvalue weighted by Crippen LogP contribution is -2.24. The Balaban J connectivity index is 1.16. The molecule has 56 heavy (non-hydrogen) atoms. The molecule has 0 bridgehead atoms. The average Bonchev–Trinajstić information content (AvgIpc) is 3.23. The Bertz CT molecular complexity index is 2510. The van der Waals surface area contributed by atoms with Crippen molar-refractivity contribution >= 4 is 69.2 Å². The Hall–Kier alpha value is -5.64. The van der Waals surface area contributed by atoms with Gasteiger partial charge < -0.3 is 0 Å². The molecule has 0 aromatic heterocycles. The highest BCUT2D eigenvalue weighted by molar-refractivity contribution is 7.80. The second kappa shape index (κ2) is 15.5. The molecule has 0 heterocycles. The van der Waals surface area contributed by atoms with Gasteiger partial charge in [-0.05, 0) is 154 Å². The molecule has 0 spiro atoms. The van der Waals surface area contributed by atoms with Gasteiger partial charge in [-0.15, -0.1) is 0 Å². The summed E-state index contributed by atoms with van der Waals surface area (Å²) in [6.07, 6.45) is 0. The van der Waals surface area contributed by atoms with Crippen LogP contribution in [0.25, 0.3) is 43.8 Å². The third-order valence-electron chi connectivity index (χ3n) is 11.0. The van der Waals surface area contributed by atoms with E-state index in [0.717, 1.165) is 0 Å². The van der Waals surface area contributed by atoms with Gasteiger partial charge in [-0.25, -0.2) is 0 Å². The predicted molar refractivity (Wildman–Crippen MR) is 249 cm³/mol. The van der Waals surface area contributed by atoms with Gasteiger partial charge >= 0.3 is 0 Å². The molecule has 270 valence electrons. The van der Waals surface area contributed by atoms with E-state index in [1.54, 1.807) is 0 Å². The highest BCUT2D eigenvalue weighted by Crippen LogP contribution is 2.41. The van der Waals surface area contributed by atoms with Crippen LogP contribution in [0.15, 0.2) is 194 Å². The molecule has 0 aliphatic carbocycles. The summed E-state index contributed by atoms with van der Waals surface area (Å²) in [5.41, 5.74) is 10.5. The fraction of sp³-hybridized carbons (Fsp3) is 0.0741. The van der Waals surface area contributed by atoms with Crippen molar-refractivity contribution in [3.63, 3.8) is 0 Å². The molecule has 0 aliphatic heterocycles. The van der Waals surface area contributed by atoms with Crippen LogP contribution < -0.4 is 31.8 Å². The van der Waals surface area contributed by atoms with Gasteiger partial charge in [-0.2, -0.15) is 0 Å². The molecule has 0 N–H and O–H groups in total. The number of rotatable bonds is 8. The first-order valence-electron chi connectivity index (χ1n) is 19.4. The molecule has 0 aliphatic rings. The maximum atomic E-state index is 2.45. The van der Waals surface area contributed by atoms with Crippen molar-refractivity contribution in [3.8, 4) is 22.3 Å². The first-order valence-corrected chi connectivity index (χ1v) is 22.1. The van der Waals surface area contributed by atoms with Gasteiger partial charge in [0.15, 0.2) is 0 Å². The van der Waals surface area contributed by atoms with Gasteiger partial charge in [0, 0.05) is 0 Å². The van der Waals surface area contributed by atoms with Crippen LogP contribution in [0, 0.1) is 27.7 Å². The molecular weight excluding hydrogens is 711 g/mol. The maximum absolute atomic E-state index is 2.45. The van der Waals surface area contributed by atoms with E-state index in [9.17, 15) is 0 Å². The summed E-state index contributed by atoms with van der Waals surface area (Å²) in [6.45, 7) is 9.23. The Morgan fingerprint density at radius 3 is 0.893 bits per heavy atom. The first kappa shape index (κ1) is 36.0. The van der Waals surface area contributed by atoms with E-state index in [1.165, 1.54) is 97.9 Å². The van der Waals surface area contributed by atoms with Crippen LogP contribution in [0.4, 0.5) is 0 Å². The van der Waals surface area contributed by atoms with Crippen molar-refractivity contribution < 1.29 is 0 Å². The number of hydrogen-bond donors (Lipinski definition) is 0. The van der Waals surface area contributed by atoms with E-state index < -0.39 is 15.8 Å². The maximum Gasteiger partial charge on any atom is -0.00922 e. The lowest BCUT2D eigenvalue weighted by atomic mass is 9.90. The van der Waals surface area contributed by atoms with Crippen LogP contribution >= 0.6 is 15.8 Å². The smallest absolute Gasteiger partial charge is 0.00922 e. The molecule has 0 radical (unpaired) electrons. The molecule has 2 heteroatoms. The Labute approximate surface area is 334 Å². The van der Waals surface area contributed by atoms with E-state index in [4.69, 9.17) is 0 Å². The molecule has 0 atom stereocenters. The van der Waals surface area contributed by atoms with Crippen LogP contribution in [0.3, 0.4) is 0 Å². The van der Waals surface area contributed by atoms with E-state index in [0.29, 0.717) is 0 Å². The second-order valence-corrected chi connectivity index (χ2v) is 19.1. The van der Waals surface area contributed by atoms with Crippen molar-refractivity contribution in [3.05, 3.63) is 216 Å². The van der Waals surface area contributed by atoms with E-state index >= 15 is 0 Å². The van der Waals surface area contributed by atoms with Gasteiger partial charge in [-0.1, -0.05) is 182 Å². The van der Waals surface area contributed by atoms with Gasteiger partial charge in [-0.3, -0.25) is 0 Å². The minimum Gasteiger partial charge on any atom is -0.0622 e. The van der Waals surface area contributed by atoms with E-state index in [2.05, 4.69) is 222 Å². The Morgan fingerprint density at radius 2 is 0.589 bits per heavy atom. The van der Waals surface area contributed by atoms with Crippen molar-refractivity contribution in [2.75, 3.05) is 0 Å². The summed E-state index contributed by atoms with van der Waals surface area (Å²) < 4.78 is 0.